The Morgan fingerprint density at radius 1 is 1.56 bits per heavy atom. The van der Waals surface area contributed by atoms with E-state index in [0.29, 0.717) is 16.5 Å². The molecular formula is C11H8N2O3. The zero-order valence-corrected chi connectivity index (χ0v) is 8.48. The predicted octanol–water partition coefficient (Wildman–Crippen LogP) is 1.67. The number of carbonyl (C=O) groups is 1. The summed E-state index contributed by atoms with van der Waals surface area (Å²) in [7, 11) is 1.25. The molecule has 0 fully saturated rings. The van der Waals surface area contributed by atoms with Crippen LogP contribution in [0.5, 0.6) is 0 Å². The summed E-state index contributed by atoms with van der Waals surface area (Å²) in [5.41, 5.74) is 6.80. The Bertz CT molecular complexity index is 607. The summed E-state index contributed by atoms with van der Waals surface area (Å²) in [5, 5.41) is 9.31. The Morgan fingerprint density at radius 2 is 2.31 bits per heavy atom. The average Bonchev–Trinajstić information content (AvgIpc) is 2.65. The van der Waals surface area contributed by atoms with Gasteiger partial charge in [0.25, 0.3) is 0 Å². The molecule has 0 aliphatic heterocycles. The third-order valence-corrected chi connectivity index (χ3v) is 2.23. The van der Waals surface area contributed by atoms with Crippen molar-refractivity contribution in [3.63, 3.8) is 0 Å². The van der Waals surface area contributed by atoms with Gasteiger partial charge in [0.15, 0.2) is 0 Å². The number of fused-ring (bicyclic) bond motifs is 1. The molecule has 16 heavy (non-hydrogen) atoms. The molecule has 5 heteroatoms. The monoisotopic (exact) mass is 216 g/mol. The van der Waals surface area contributed by atoms with E-state index in [1.165, 1.54) is 13.2 Å². The number of benzene rings is 1. The Hall–Kier alpha value is -2.48. The third kappa shape index (κ3) is 1.37. The molecule has 2 aromatic rings. The van der Waals surface area contributed by atoms with Crippen molar-refractivity contribution in [1.29, 1.82) is 5.26 Å². The molecule has 80 valence electrons. The molecule has 0 aliphatic rings. The van der Waals surface area contributed by atoms with Gasteiger partial charge in [-0.25, -0.2) is 4.79 Å². The fourth-order valence-electron chi connectivity index (χ4n) is 1.43. The van der Waals surface area contributed by atoms with E-state index < -0.39 is 5.97 Å². The van der Waals surface area contributed by atoms with E-state index in [4.69, 9.17) is 15.4 Å². The van der Waals surface area contributed by atoms with Crippen LogP contribution in [-0.4, -0.2) is 13.1 Å². The Morgan fingerprint density at radius 3 is 2.94 bits per heavy atom. The smallest absolute Gasteiger partial charge is 0.376 e. The summed E-state index contributed by atoms with van der Waals surface area (Å²) in [6.45, 7) is 0. The number of esters is 1. The van der Waals surface area contributed by atoms with Crippen molar-refractivity contribution in [2.45, 2.75) is 0 Å². The first-order valence-electron chi connectivity index (χ1n) is 4.48. The first-order valence-corrected chi connectivity index (χ1v) is 4.48. The van der Waals surface area contributed by atoms with Crippen molar-refractivity contribution in [3.8, 4) is 6.07 Å². The van der Waals surface area contributed by atoms with E-state index in [0.717, 1.165) is 0 Å². The number of hydrogen-bond donors (Lipinski definition) is 1. The Labute approximate surface area is 91.0 Å². The molecule has 0 spiro atoms. The van der Waals surface area contributed by atoms with Gasteiger partial charge in [-0.3, -0.25) is 0 Å². The molecule has 0 radical (unpaired) electrons. The zero-order chi connectivity index (χ0) is 11.7. The molecule has 0 saturated heterocycles. The van der Waals surface area contributed by atoms with Crippen molar-refractivity contribution < 1.29 is 13.9 Å². The molecule has 2 rings (SSSR count). The van der Waals surface area contributed by atoms with Crippen LogP contribution in [0.4, 0.5) is 5.69 Å². The SMILES string of the molecule is COC(=O)c1oc2cc(C#N)ccc2c1N. The minimum Gasteiger partial charge on any atom is -0.463 e. The zero-order valence-electron chi connectivity index (χ0n) is 8.48. The molecule has 0 bridgehead atoms. The minimum absolute atomic E-state index is 0.0346. The lowest BCUT2D eigenvalue weighted by Gasteiger charge is -1.93. The summed E-state index contributed by atoms with van der Waals surface area (Å²) in [6, 6.07) is 6.74. The molecule has 2 N–H and O–H groups in total. The second-order valence-electron chi connectivity index (χ2n) is 3.16. The number of nitriles is 1. The topological polar surface area (TPSA) is 89.2 Å². The van der Waals surface area contributed by atoms with Crippen LogP contribution in [0.25, 0.3) is 11.0 Å². The van der Waals surface area contributed by atoms with Gasteiger partial charge in [0.2, 0.25) is 5.76 Å². The summed E-state index contributed by atoms with van der Waals surface area (Å²) < 4.78 is 9.77. The second-order valence-corrected chi connectivity index (χ2v) is 3.16. The summed E-state index contributed by atoms with van der Waals surface area (Å²) in [4.78, 5) is 11.3. The number of anilines is 1. The first-order chi connectivity index (χ1) is 7.67. The molecule has 0 aliphatic carbocycles. The van der Waals surface area contributed by atoms with Crippen LogP contribution in [0, 0.1) is 11.3 Å². The van der Waals surface area contributed by atoms with E-state index in [1.54, 1.807) is 12.1 Å². The number of furan rings is 1. The second kappa shape index (κ2) is 3.59. The quantitative estimate of drug-likeness (QED) is 0.732. The Balaban J connectivity index is 2.68. The lowest BCUT2D eigenvalue weighted by atomic mass is 10.1. The number of nitrogens with two attached hydrogens (primary N) is 1. The molecular weight excluding hydrogens is 208 g/mol. The number of nitrogen functional groups attached to an aromatic ring is 1. The summed E-state index contributed by atoms with van der Waals surface area (Å²) in [6.07, 6.45) is 0. The van der Waals surface area contributed by atoms with E-state index in [1.807, 2.05) is 6.07 Å². The minimum atomic E-state index is -0.632. The maximum absolute atomic E-state index is 11.3. The summed E-state index contributed by atoms with van der Waals surface area (Å²) in [5.74, 6) is -0.667. The van der Waals surface area contributed by atoms with Crippen LogP contribution in [-0.2, 0) is 4.74 Å². The van der Waals surface area contributed by atoms with Gasteiger partial charge in [-0.15, -0.1) is 0 Å². The van der Waals surface area contributed by atoms with Gasteiger partial charge in [-0.1, -0.05) is 0 Å². The van der Waals surface area contributed by atoms with Crippen molar-refractivity contribution in [1.82, 2.24) is 0 Å². The van der Waals surface area contributed by atoms with E-state index in [-0.39, 0.29) is 11.4 Å². The highest BCUT2D eigenvalue weighted by Crippen LogP contribution is 2.29. The van der Waals surface area contributed by atoms with Crippen molar-refractivity contribution in [2.75, 3.05) is 12.8 Å². The van der Waals surface area contributed by atoms with Crippen molar-refractivity contribution >= 4 is 22.6 Å². The largest absolute Gasteiger partial charge is 0.463 e. The molecule has 1 aromatic heterocycles. The van der Waals surface area contributed by atoms with Gasteiger partial charge < -0.3 is 14.9 Å². The van der Waals surface area contributed by atoms with E-state index in [9.17, 15) is 4.79 Å². The lowest BCUT2D eigenvalue weighted by Crippen LogP contribution is -2.02. The Kier molecular flexibility index (Phi) is 2.25. The van der Waals surface area contributed by atoms with Gasteiger partial charge in [-0.2, -0.15) is 5.26 Å². The lowest BCUT2D eigenvalue weighted by molar-refractivity contribution is 0.0569. The summed E-state index contributed by atoms with van der Waals surface area (Å²) >= 11 is 0. The number of rotatable bonds is 1. The van der Waals surface area contributed by atoms with Gasteiger partial charge in [-0.05, 0) is 18.2 Å². The number of nitrogens with zero attached hydrogens (tertiary/aromatic N) is 1. The predicted molar refractivity (Wildman–Crippen MR) is 56.7 cm³/mol. The van der Waals surface area contributed by atoms with E-state index in [2.05, 4.69) is 4.74 Å². The molecule has 0 atom stereocenters. The van der Waals surface area contributed by atoms with Gasteiger partial charge >= 0.3 is 5.97 Å². The molecule has 0 amide bonds. The van der Waals surface area contributed by atoms with Crippen LogP contribution >= 0.6 is 0 Å². The molecule has 0 saturated carbocycles. The number of methoxy groups -OCH3 is 1. The highest BCUT2D eigenvalue weighted by molar-refractivity contribution is 6.03. The third-order valence-electron chi connectivity index (χ3n) is 2.23. The number of ether oxygens (including phenoxy) is 1. The number of carbonyl (C=O) groups excluding carboxylic acids is 1. The molecule has 0 unspecified atom stereocenters. The number of hydrogen-bond acceptors (Lipinski definition) is 5. The van der Waals surface area contributed by atoms with Crippen LogP contribution < -0.4 is 5.73 Å². The van der Waals surface area contributed by atoms with Gasteiger partial charge in [0.05, 0.1) is 24.4 Å². The first kappa shape index (κ1) is 10.1. The van der Waals surface area contributed by atoms with Crippen LogP contribution in [0.2, 0.25) is 0 Å². The highest BCUT2D eigenvalue weighted by Gasteiger charge is 2.18. The maximum atomic E-state index is 11.3. The standard InChI is InChI=1S/C11H8N2O3/c1-15-11(14)10-9(13)7-3-2-6(5-12)4-8(7)16-10/h2-4H,13H2,1H3. The molecule has 1 heterocycles. The van der Waals surface area contributed by atoms with Crippen LogP contribution in [0.3, 0.4) is 0 Å². The fraction of sp³-hybridized carbons (Fsp3) is 0.0909. The fourth-order valence-corrected chi connectivity index (χ4v) is 1.43. The van der Waals surface area contributed by atoms with Gasteiger partial charge in [0.1, 0.15) is 5.58 Å². The maximum Gasteiger partial charge on any atom is 0.376 e. The highest BCUT2D eigenvalue weighted by atomic mass is 16.5. The van der Waals surface area contributed by atoms with Crippen molar-refractivity contribution in [2.24, 2.45) is 0 Å². The normalized spacial score (nSPS) is 10.0. The van der Waals surface area contributed by atoms with E-state index >= 15 is 0 Å². The van der Waals surface area contributed by atoms with Crippen LogP contribution in [0.1, 0.15) is 16.1 Å². The van der Waals surface area contributed by atoms with Crippen molar-refractivity contribution in [3.05, 3.63) is 29.5 Å². The van der Waals surface area contributed by atoms with Crippen LogP contribution in [0.15, 0.2) is 22.6 Å². The van der Waals surface area contributed by atoms with Gasteiger partial charge in [0, 0.05) is 5.39 Å². The molecule has 5 nitrogen and oxygen atoms in total. The average molecular weight is 216 g/mol. The molecule has 1 aromatic carbocycles.